The van der Waals surface area contributed by atoms with E-state index in [4.69, 9.17) is 9.84 Å². The number of hydrogen-bond donors (Lipinski definition) is 1. The molecule has 1 rings (SSSR count). The van der Waals surface area contributed by atoms with Crippen LogP contribution >= 0.6 is 0 Å². The molecule has 1 aliphatic rings. The van der Waals surface area contributed by atoms with Crippen LogP contribution in [0.1, 0.15) is 0 Å². The van der Waals surface area contributed by atoms with E-state index in [2.05, 4.69) is 4.74 Å². The summed E-state index contributed by atoms with van der Waals surface area (Å²) in [5, 5.41) is 8.94. The van der Waals surface area contributed by atoms with Gasteiger partial charge in [-0.05, 0) is 0 Å². The standard InChI is InChI=1S/C8H14F3NO3/c9-8(10,11)15-4-2-12-1-3-14-6-7(12)5-13/h7,13H,1-6H2. The first kappa shape index (κ1) is 12.7. The number of halogens is 3. The molecule has 0 saturated carbocycles. The molecule has 1 atom stereocenters. The van der Waals surface area contributed by atoms with E-state index in [1.807, 2.05) is 0 Å². The average molecular weight is 229 g/mol. The van der Waals surface area contributed by atoms with Gasteiger partial charge in [-0.1, -0.05) is 0 Å². The Morgan fingerprint density at radius 1 is 1.47 bits per heavy atom. The number of aliphatic hydroxyl groups is 1. The van der Waals surface area contributed by atoms with Gasteiger partial charge in [-0.2, -0.15) is 0 Å². The monoisotopic (exact) mass is 229 g/mol. The molecular weight excluding hydrogens is 215 g/mol. The molecule has 0 aromatic rings. The lowest BCUT2D eigenvalue weighted by molar-refractivity contribution is -0.325. The molecular formula is C8H14F3NO3. The summed E-state index contributed by atoms with van der Waals surface area (Å²) in [6.07, 6.45) is -4.58. The van der Waals surface area contributed by atoms with E-state index in [0.717, 1.165) is 0 Å². The summed E-state index contributed by atoms with van der Waals surface area (Å²) in [6, 6.07) is -0.226. The van der Waals surface area contributed by atoms with Crippen LogP contribution in [0, 0.1) is 0 Å². The van der Waals surface area contributed by atoms with E-state index in [1.165, 1.54) is 0 Å². The minimum atomic E-state index is -4.58. The summed E-state index contributed by atoms with van der Waals surface area (Å²) < 4.78 is 43.8. The van der Waals surface area contributed by atoms with Crippen molar-refractivity contribution in [2.24, 2.45) is 0 Å². The van der Waals surface area contributed by atoms with E-state index < -0.39 is 13.0 Å². The second kappa shape index (κ2) is 5.64. The van der Waals surface area contributed by atoms with E-state index in [9.17, 15) is 13.2 Å². The highest BCUT2D eigenvalue weighted by Gasteiger charge is 2.30. The van der Waals surface area contributed by atoms with Gasteiger partial charge in [0.05, 0.1) is 32.5 Å². The van der Waals surface area contributed by atoms with Crippen LogP contribution in [0.3, 0.4) is 0 Å². The molecule has 1 fully saturated rings. The van der Waals surface area contributed by atoms with E-state index in [-0.39, 0.29) is 19.2 Å². The third-order valence-corrected chi connectivity index (χ3v) is 2.20. The summed E-state index contributed by atoms with van der Waals surface area (Å²) >= 11 is 0. The first-order valence-electron chi connectivity index (χ1n) is 4.66. The predicted molar refractivity (Wildman–Crippen MR) is 45.3 cm³/mol. The van der Waals surface area contributed by atoms with Crippen molar-refractivity contribution in [1.82, 2.24) is 4.90 Å². The van der Waals surface area contributed by atoms with Crippen molar-refractivity contribution in [3.05, 3.63) is 0 Å². The van der Waals surface area contributed by atoms with Crippen LogP contribution < -0.4 is 0 Å². The van der Waals surface area contributed by atoms with Crippen molar-refractivity contribution in [2.75, 3.05) is 39.5 Å². The molecule has 0 aromatic heterocycles. The van der Waals surface area contributed by atoms with Gasteiger partial charge in [0.25, 0.3) is 0 Å². The Morgan fingerprint density at radius 3 is 2.80 bits per heavy atom. The van der Waals surface area contributed by atoms with Crippen molar-refractivity contribution in [3.8, 4) is 0 Å². The van der Waals surface area contributed by atoms with Crippen LogP contribution in [-0.2, 0) is 9.47 Å². The fraction of sp³-hybridized carbons (Fsp3) is 1.00. The molecule has 1 saturated heterocycles. The van der Waals surface area contributed by atoms with Gasteiger partial charge < -0.3 is 9.84 Å². The summed E-state index contributed by atoms with van der Waals surface area (Å²) in [6.45, 7) is 0.956. The number of aliphatic hydroxyl groups excluding tert-OH is 1. The number of hydrogen-bond acceptors (Lipinski definition) is 4. The van der Waals surface area contributed by atoms with Gasteiger partial charge >= 0.3 is 6.36 Å². The fourth-order valence-corrected chi connectivity index (χ4v) is 1.43. The lowest BCUT2D eigenvalue weighted by Crippen LogP contribution is -2.48. The molecule has 1 unspecified atom stereocenters. The number of nitrogens with zero attached hydrogens (tertiary/aromatic N) is 1. The number of morpholine rings is 1. The Balaban J connectivity index is 2.23. The minimum absolute atomic E-state index is 0.119. The Morgan fingerprint density at radius 2 is 2.20 bits per heavy atom. The second-order valence-corrected chi connectivity index (χ2v) is 3.24. The molecule has 0 bridgehead atoms. The largest absolute Gasteiger partial charge is 0.522 e. The van der Waals surface area contributed by atoms with Crippen molar-refractivity contribution < 1.29 is 27.8 Å². The summed E-state index contributed by atoms with van der Waals surface area (Å²) in [7, 11) is 0. The van der Waals surface area contributed by atoms with Gasteiger partial charge in [-0.15, -0.1) is 13.2 Å². The molecule has 1 aliphatic heterocycles. The van der Waals surface area contributed by atoms with Crippen LogP contribution in [0.4, 0.5) is 13.2 Å². The summed E-state index contributed by atoms with van der Waals surface area (Å²) in [5.41, 5.74) is 0. The molecule has 4 nitrogen and oxygen atoms in total. The first-order valence-corrected chi connectivity index (χ1v) is 4.66. The number of rotatable bonds is 4. The molecule has 0 aliphatic carbocycles. The maximum Gasteiger partial charge on any atom is 0.522 e. The molecule has 15 heavy (non-hydrogen) atoms. The van der Waals surface area contributed by atoms with Crippen LogP contribution in [-0.4, -0.2) is 61.9 Å². The van der Waals surface area contributed by atoms with Crippen molar-refractivity contribution in [2.45, 2.75) is 12.4 Å². The molecule has 7 heteroatoms. The number of ether oxygens (including phenoxy) is 2. The SMILES string of the molecule is OCC1COCCN1CCOC(F)(F)F. The molecule has 90 valence electrons. The molecule has 1 N–H and O–H groups in total. The fourth-order valence-electron chi connectivity index (χ4n) is 1.43. The molecule has 0 aromatic carbocycles. The Bertz CT molecular complexity index is 188. The lowest BCUT2D eigenvalue weighted by Gasteiger charge is -2.34. The zero-order chi connectivity index (χ0) is 11.3. The second-order valence-electron chi connectivity index (χ2n) is 3.24. The lowest BCUT2D eigenvalue weighted by atomic mass is 10.2. The highest BCUT2D eigenvalue weighted by Crippen LogP contribution is 2.16. The quantitative estimate of drug-likeness (QED) is 0.748. The van der Waals surface area contributed by atoms with Crippen molar-refractivity contribution >= 4 is 0 Å². The van der Waals surface area contributed by atoms with Crippen LogP contribution in [0.2, 0.25) is 0 Å². The van der Waals surface area contributed by atoms with Crippen LogP contribution in [0.5, 0.6) is 0 Å². The van der Waals surface area contributed by atoms with Gasteiger partial charge in [-0.25, -0.2) is 0 Å². The van der Waals surface area contributed by atoms with Gasteiger partial charge in [0, 0.05) is 13.1 Å². The number of alkyl halides is 3. The maximum absolute atomic E-state index is 11.7. The van der Waals surface area contributed by atoms with Gasteiger partial charge in [-0.3, -0.25) is 9.64 Å². The third-order valence-electron chi connectivity index (χ3n) is 2.20. The maximum atomic E-state index is 11.7. The van der Waals surface area contributed by atoms with Gasteiger partial charge in [0.15, 0.2) is 0 Å². The third kappa shape index (κ3) is 4.78. The summed E-state index contributed by atoms with van der Waals surface area (Å²) in [4.78, 5) is 1.73. The molecule has 0 spiro atoms. The molecule has 0 amide bonds. The van der Waals surface area contributed by atoms with Crippen molar-refractivity contribution in [1.29, 1.82) is 0 Å². The Kier molecular flexibility index (Phi) is 4.78. The molecule has 1 heterocycles. The topological polar surface area (TPSA) is 41.9 Å². The van der Waals surface area contributed by atoms with E-state index in [1.54, 1.807) is 4.90 Å². The van der Waals surface area contributed by atoms with Gasteiger partial charge in [0.1, 0.15) is 0 Å². The molecule has 0 radical (unpaired) electrons. The zero-order valence-corrected chi connectivity index (χ0v) is 8.16. The highest BCUT2D eigenvalue weighted by atomic mass is 19.4. The summed E-state index contributed by atoms with van der Waals surface area (Å²) in [5.74, 6) is 0. The predicted octanol–water partition coefficient (Wildman–Crippen LogP) is 0.216. The average Bonchev–Trinajstić information content (AvgIpc) is 2.16. The zero-order valence-electron chi connectivity index (χ0n) is 8.16. The van der Waals surface area contributed by atoms with Gasteiger partial charge in [0.2, 0.25) is 0 Å². The first-order chi connectivity index (χ1) is 7.03. The van der Waals surface area contributed by atoms with Crippen LogP contribution in [0.15, 0.2) is 0 Å². The minimum Gasteiger partial charge on any atom is -0.395 e. The normalized spacial score (nSPS) is 24.4. The van der Waals surface area contributed by atoms with Crippen molar-refractivity contribution in [3.63, 3.8) is 0 Å². The highest BCUT2D eigenvalue weighted by molar-refractivity contribution is 4.73. The smallest absolute Gasteiger partial charge is 0.395 e. The Labute approximate surface area is 85.6 Å². The van der Waals surface area contributed by atoms with Crippen LogP contribution in [0.25, 0.3) is 0 Å². The van der Waals surface area contributed by atoms with E-state index >= 15 is 0 Å². The Hall–Kier alpha value is -0.370. The van der Waals surface area contributed by atoms with E-state index in [0.29, 0.717) is 19.8 Å².